The molecule has 0 aliphatic carbocycles. The van der Waals surface area contributed by atoms with Crippen molar-refractivity contribution < 1.29 is 4.74 Å². The van der Waals surface area contributed by atoms with Crippen LogP contribution in [0, 0.1) is 0 Å². The summed E-state index contributed by atoms with van der Waals surface area (Å²) >= 11 is 0. The van der Waals surface area contributed by atoms with Gasteiger partial charge in [0.15, 0.2) is 6.23 Å². The molecule has 2 nitrogen and oxygen atoms in total. The van der Waals surface area contributed by atoms with Crippen LogP contribution in [0.15, 0.2) is 66.9 Å². The van der Waals surface area contributed by atoms with Crippen LogP contribution in [0.3, 0.4) is 0 Å². The summed E-state index contributed by atoms with van der Waals surface area (Å²) < 4.78 is 5.63. The van der Waals surface area contributed by atoms with Crippen LogP contribution < -0.4 is 5.32 Å². The minimum Gasteiger partial charge on any atom is -0.472 e. The average Bonchev–Trinajstić information content (AvgIpc) is 2.90. The van der Waals surface area contributed by atoms with Crippen molar-refractivity contribution in [1.29, 1.82) is 0 Å². The highest BCUT2D eigenvalue weighted by molar-refractivity contribution is 5.64. The van der Waals surface area contributed by atoms with E-state index in [4.69, 9.17) is 4.74 Å². The molecular formula is C15H13NO. The molecular weight excluding hydrogens is 210 g/mol. The standard InChI is InChI=1S/C15H13NO/c1-3-7-12(8-4-1)14-11-17-15(16-14)13-9-5-2-6-10-13/h1-11,15-16H. The molecule has 84 valence electrons. The minimum absolute atomic E-state index is 0.0774. The Hall–Kier alpha value is -2.22. The number of nitrogens with one attached hydrogen (secondary N) is 1. The molecule has 1 atom stereocenters. The van der Waals surface area contributed by atoms with Crippen LogP contribution in [0.25, 0.3) is 5.70 Å². The largest absolute Gasteiger partial charge is 0.472 e. The molecule has 1 N–H and O–H groups in total. The molecule has 2 heteroatoms. The van der Waals surface area contributed by atoms with Gasteiger partial charge >= 0.3 is 0 Å². The number of hydrogen-bond donors (Lipinski definition) is 1. The first-order valence-electron chi connectivity index (χ1n) is 5.66. The van der Waals surface area contributed by atoms with E-state index < -0.39 is 0 Å². The lowest BCUT2D eigenvalue weighted by Gasteiger charge is -2.12. The molecule has 0 bridgehead atoms. The van der Waals surface area contributed by atoms with Crippen LogP contribution in [0.2, 0.25) is 0 Å². The first-order chi connectivity index (χ1) is 8.43. The Bertz CT molecular complexity index is 519. The molecule has 17 heavy (non-hydrogen) atoms. The summed E-state index contributed by atoms with van der Waals surface area (Å²) in [6.45, 7) is 0. The predicted octanol–water partition coefficient (Wildman–Crippen LogP) is 3.30. The average molecular weight is 223 g/mol. The number of rotatable bonds is 2. The van der Waals surface area contributed by atoms with Crippen molar-refractivity contribution in [2.75, 3.05) is 0 Å². The summed E-state index contributed by atoms with van der Waals surface area (Å²) in [6.07, 6.45) is 1.71. The van der Waals surface area contributed by atoms with E-state index in [0.717, 1.165) is 16.8 Å². The van der Waals surface area contributed by atoms with Gasteiger partial charge in [0.05, 0.1) is 5.70 Å². The van der Waals surface area contributed by atoms with E-state index in [1.165, 1.54) is 0 Å². The zero-order chi connectivity index (χ0) is 11.5. The van der Waals surface area contributed by atoms with Gasteiger partial charge in [-0.2, -0.15) is 0 Å². The number of ether oxygens (including phenoxy) is 1. The number of hydrogen-bond acceptors (Lipinski definition) is 2. The third-order valence-corrected chi connectivity index (χ3v) is 2.80. The molecule has 1 aliphatic rings. The minimum atomic E-state index is -0.0774. The summed E-state index contributed by atoms with van der Waals surface area (Å²) in [5, 5.41) is 3.36. The van der Waals surface area contributed by atoms with Crippen LogP contribution in [0.1, 0.15) is 17.4 Å². The van der Waals surface area contributed by atoms with Crippen molar-refractivity contribution in [2.24, 2.45) is 0 Å². The first-order valence-corrected chi connectivity index (χ1v) is 5.66. The smallest absolute Gasteiger partial charge is 0.195 e. The van der Waals surface area contributed by atoms with Crippen LogP contribution in [0.4, 0.5) is 0 Å². The SMILES string of the molecule is C1=C(c2ccccc2)NC(c2ccccc2)O1. The molecule has 0 aromatic heterocycles. The third-order valence-electron chi connectivity index (χ3n) is 2.80. The second kappa shape index (κ2) is 4.34. The van der Waals surface area contributed by atoms with Gasteiger partial charge in [-0.1, -0.05) is 60.7 Å². The molecule has 0 amide bonds. The zero-order valence-corrected chi connectivity index (χ0v) is 9.34. The highest BCUT2D eigenvalue weighted by Crippen LogP contribution is 2.26. The molecule has 0 spiro atoms. The van der Waals surface area contributed by atoms with Crippen LogP contribution in [0.5, 0.6) is 0 Å². The Morgan fingerprint density at radius 3 is 2.18 bits per heavy atom. The first kappa shape index (κ1) is 9.97. The van der Waals surface area contributed by atoms with Crippen LogP contribution in [-0.4, -0.2) is 0 Å². The van der Waals surface area contributed by atoms with Crippen LogP contribution in [-0.2, 0) is 4.74 Å². The summed E-state index contributed by atoms with van der Waals surface area (Å²) in [6, 6.07) is 20.3. The summed E-state index contributed by atoms with van der Waals surface area (Å²) in [5.74, 6) is 0. The molecule has 2 aromatic rings. The molecule has 2 aromatic carbocycles. The van der Waals surface area contributed by atoms with Crippen LogP contribution >= 0.6 is 0 Å². The quantitative estimate of drug-likeness (QED) is 0.843. The van der Waals surface area contributed by atoms with Gasteiger partial charge in [-0.3, -0.25) is 0 Å². The monoisotopic (exact) mass is 223 g/mol. The van der Waals surface area contributed by atoms with Gasteiger partial charge in [0, 0.05) is 11.1 Å². The fraction of sp³-hybridized carbons (Fsp3) is 0.0667. The fourth-order valence-electron chi connectivity index (χ4n) is 1.90. The summed E-state index contributed by atoms with van der Waals surface area (Å²) in [5.41, 5.74) is 3.31. The maximum Gasteiger partial charge on any atom is 0.195 e. The fourth-order valence-corrected chi connectivity index (χ4v) is 1.90. The van der Waals surface area contributed by atoms with E-state index in [-0.39, 0.29) is 6.23 Å². The molecule has 0 fully saturated rings. The highest BCUT2D eigenvalue weighted by atomic mass is 16.5. The van der Waals surface area contributed by atoms with E-state index in [2.05, 4.69) is 29.6 Å². The van der Waals surface area contributed by atoms with E-state index in [1.54, 1.807) is 6.26 Å². The Morgan fingerprint density at radius 2 is 1.47 bits per heavy atom. The van der Waals surface area contributed by atoms with Crippen molar-refractivity contribution in [2.45, 2.75) is 6.23 Å². The second-order valence-corrected chi connectivity index (χ2v) is 3.97. The topological polar surface area (TPSA) is 21.3 Å². The molecule has 0 saturated heterocycles. The van der Waals surface area contributed by atoms with Gasteiger partial charge in [-0.05, 0) is 0 Å². The lowest BCUT2D eigenvalue weighted by Crippen LogP contribution is -2.14. The highest BCUT2D eigenvalue weighted by Gasteiger charge is 2.19. The Morgan fingerprint density at radius 1 is 0.824 bits per heavy atom. The molecule has 1 unspecified atom stereocenters. The van der Waals surface area contributed by atoms with Crippen molar-refractivity contribution in [3.63, 3.8) is 0 Å². The molecule has 0 saturated carbocycles. The predicted molar refractivity (Wildman–Crippen MR) is 67.8 cm³/mol. The maximum atomic E-state index is 5.63. The Kier molecular flexibility index (Phi) is 2.54. The zero-order valence-electron chi connectivity index (χ0n) is 9.34. The van der Waals surface area contributed by atoms with Gasteiger partial charge in [0.1, 0.15) is 6.26 Å². The van der Waals surface area contributed by atoms with E-state index in [0.29, 0.717) is 0 Å². The van der Waals surface area contributed by atoms with Crippen molar-refractivity contribution in [1.82, 2.24) is 5.32 Å². The number of benzene rings is 2. The third kappa shape index (κ3) is 2.02. The van der Waals surface area contributed by atoms with Gasteiger partial charge in [-0.25, -0.2) is 0 Å². The molecule has 1 heterocycles. The molecule has 0 radical (unpaired) electrons. The Labute approximate surface area is 101 Å². The van der Waals surface area contributed by atoms with Crippen molar-refractivity contribution >= 4 is 5.70 Å². The van der Waals surface area contributed by atoms with Gasteiger partial charge < -0.3 is 10.1 Å². The van der Waals surface area contributed by atoms with E-state index >= 15 is 0 Å². The van der Waals surface area contributed by atoms with E-state index in [9.17, 15) is 0 Å². The van der Waals surface area contributed by atoms with E-state index in [1.807, 2.05) is 36.4 Å². The van der Waals surface area contributed by atoms with Crippen molar-refractivity contribution in [3.05, 3.63) is 78.1 Å². The molecule has 3 rings (SSSR count). The van der Waals surface area contributed by atoms with Gasteiger partial charge in [0.25, 0.3) is 0 Å². The maximum absolute atomic E-state index is 5.63. The molecule has 1 aliphatic heterocycles. The normalized spacial score (nSPS) is 18.1. The lowest BCUT2D eigenvalue weighted by molar-refractivity contribution is 0.155. The van der Waals surface area contributed by atoms with Gasteiger partial charge in [0.2, 0.25) is 0 Å². The van der Waals surface area contributed by atoms with Gasteiger partial charge in [-0.15, -0.1) is 0 Å². The Balaban J connectivity index is 1.78. The summed E-state index contributed by atoms with van der Waals surface area (Å²) in [7, 11) is 0. The van der Waals surface area contributed by atoms with Crippen molar-refractivity contribution in [3.8, 4) is 0 Å². The summed E-state index contributed by atoms with van der Waals surface area (Å²) in [4.78, 5) is 0. The second-order valence-electron chi connectivity index (χ2n) is 3.97. The lowest BCUT2D eigenvalue weighted by atomic mass is 10.1.